The zero-order valence-corrected chi connectivity index (χ0v) is 16.0. The molecule has 9 nitrogen and oxygen atoms in total. The van der Waals surface area contributed by atoms with Crippen LogP contribution in [0.5, 0.6) is 0 Å². The molecule has 1 aromatic rings. The van der Waals surface area contributed by atoms with E-state index in [1.807, 2.05) is 0 Å². The summed E-state index contributed by atoms with van der Waals surface area (Å²) < 4.78 is 0.701. The maximum absolute atomic E-state index is 12.7. The highest BCUT2D eigenvalue weighted by molar-refractivity contribution is 5.88. The molecule has 0 aliphatic carbocycles. The molecule has 0 atom stereocenters. The van der Waals surface area contributed by atoms with Gasteiger partial charge in [0.15, 0.2) is 11.3 Å². The Labute approximate surface area is 160 Å². The Hall–Kier alpha value is -2.26. The van der Waals surface area contributed by atoms with Crippen molar-refractivity contribution < 1.29 is 10.0 Å². The quantitative estimate of drug-likeness (QED) is 0.323. The Morgan fingerprint density at radius 2 is 1.78 bits per heavy atom. The largest absolute Gasteiger partial charge is 0.425 e. The summed E-state index contributed by atoms with van der Waals surface area (Å²) in [5, 5.41) is 20.9. The number of rotatable bonds is 9. The van der Waals surface area contributed by atoms with Crippen molar-refractivity contribution in [2.24, 2.45) is 11.5 Å². The van der Waals surface area contributed by atoms with Crippen molar-refractivity contribution in [3.8, 4) is 0 Å². The van der Waals surface area contributed by atoms with E-state index < -0.39 is 0 Å². The number of aromatic nitrogens is 1. The predicted molar refractivity (Wildman–Crippen MR) is 106 cm³/mol. The van der Waals surface area contributed by atoms with Gasteiger partial charge in [-0.05, 0) is 51.6 Å². The van der Waals surface area contributed by atoms with Crippen molar-refractivity contribution in [2.45, 2.75) is 38.5 Å². The number of nitrogens with zero attached hydrogens (tertiary/aromatic N) is 3. The first-order valence-corrected chi connectivity index (χ1v) is 9.78. The molecule has 1 aromatic heterocycles. The van der Waals surface area contributed by atoms with Gasteiger partial charge in [-0.15, -0.1) is 0 Å². The van der Waals surface area contributed by atoms with Crippen molar-refractivity contribution in [3.05, 3.63) is 17.6 Å². The van der Waals surface area contributed by atoms with E-state index in [2.05, 4.69) is 10.2 Å². The second-order valence-electron chi connectivity index (χ2n) is 6.90. The number of anilines is 2. The van der Waals surface area contributed by atoms with Crippen LogP contribution in [-0.4, -0.2) is 60.1 Å². The molecule has 2 amide bonds. The van der Waals surface area contributed by atoms with Crippen LogP contribution in [0.4, 0.5) is 16.3 Å². The number of piperidine rings is 1. The Bertz CT molecular complexity index is 656. The molecule has 0 spiro atoms. The molecule has 0 aromatic carbocycles. The van der Waals surface area contributed by atoms with Crippen LogP contribution in [0.25, 0.3) is 0 Å². The van der Waals surface area contributed by atoms with Crippen LogP contribution < -0.4 is 27.2 Å². The average Bonchev–Trinajstić information content (AvgIpc) is 2.68. The predicted octanol–water partition coefficient (Wildman–Crippen LogP) is 1.12. The minimum Gasteiger partial charge on any atom is -0.425 e. The summed E-state index contributed by atoms with van der Waals surface area (Å²) >= 11 is 0. The summed E-state index contributed by atoms with van der Waals surface area (Å²) in [6.45, 7) is 4.05. The molecular formula is C18H33N7O2. The number of unbranched alkanes of at least 4 members (excludes halogenated alkanes) is 1. The highest BCUT2D eigenvalue weighted by Gasteiger charge is 2.17. The van der Waals surface area contributed by atoms with Gasteiger partial charge in [-0.2, -0.15) is 4.73 Å². The smallest absolute Gasteiger partial charge is 0.323 e. The van der Waals surface area contributed by atoms with Crippen molar-refractivity contribution in [2.75, 3.05) is 49.5 Å². The number of amides is 2. The van der Waals surface area contributed by atoms with Gasteiger partial charge in [-0.3, -0.25) is 10.7 Å². The summed E-state index contributed by atoms with van der Waals surface area (Å²) in [6, 6.07) is 3.04. The zero-order chi connectivity index (χ0) is 19.6. The van der Waals surface area contributed by atoms with Crippen molar-refractivity contribution >= 4 is 17.5 Å². The van der Waals surface area contributed by atoms with E-state index in [-0.39, 0.29) is 17.3 Å². The lowest BCUT2D eigenvalue weighted by atomic mass is 10.1. The third-order valence-corrected chi connectivity index (χ3v) is 4.78. The Kier molecular flexibility index (Phi) is 8.41. The highest BCUT2D eigenvalue weighted by atomic mass is 16.5. The molecule has 2 rings (SSSR count). The fourth-order valence-corrected chi connectivity index (χ4v) is 3.23. The lowest BCUT2D eigenvalue weighted by Gasteiger charge is -2.29. The normalized spacial score (nSPS) is 14.2. The van der Waals surface area contributed by atoms with Crippen LogP contribution in [0.2, 0.25) is 0 Å². The molecule has 1 fully saturated rings. The van der Waals surface area contributed by atoms with Crippen LogP contribution in [-0.2, 0) is 0 Å². The maximum atomic E-state index is 12.7. The van der Waals surface area contributed by atoms with Gasteiger partial charge < -0.3 is 26.5 Å². The summed E-state index contributed by atoms with van der Waals surface area (Å²) in [5.41, 5.74) is 11.9. The van der Waals surface area contributed by atoms with Gasteiger partial charge in [0.25, 0.3) is 0 Å². The molecular weight excluding hydrogens is 346 g/mol. The maximum Gasteiger partial charge on any atom is 0.323 e. The van der Waals surface area contributed by atoms with Gasteiger partial charge in [0.1, 0.15) is 0 Å². The Balaban J connectivity index is 2.13. The molecule has 9 heteroatoms. The topological polar surface area (TPSA) is 137 Å². The van der Waals surface area contributed by atoms with Crippen LogP contribution in [0.3, 0.4) is 0 Å². The lowest BCUT2D eigenvalue weighted by Crippen LogP contribution is -2.39. The fourth-order valence-electron chi connectivity index (χ4n) is 3.23. The molecule has 0 saturated carbocycles. The first-order chi connectivity index (χ1) is 13.1. The summed E-state index contributed by atoms with van der Waals surface area (Å²) in [7, 11) is 0. The van der Waals surface area contributed by atoms with Crippen LogP contribution in [0, 0.1) is 5.41 Å². The average molecular weight is 380 g/mol. The minimum atomic E-state index is -0.307. The number of carbonyl (C=O) groups is 1. The van der Waals surface area contributed by atoms with E-state index in [4.69, 9.17) is 16.9 Å². The number of pyridine rings is 1. The second-order valence-corrected chi connectivity index (χ2v) is 6.90. The van der Waals surface area contributed by atoms with E-state index >= 15 is 0 Å². The summed E-state index contributed by atoms with van der Waals surface area (Å²) in [6.07, 6.45) is 5.78. The highest BCUT2D eigenvalue weighted by Crippen LogP contribution is 2.21. The standard InChI is InChI=1S/C18H33N7O2/c19-7-2-5-11-24(12-6-8-20)18(26)22-17-14-15(13-16(21)25(17)27)23-9-3-1-4-10-23/h13-14,21,27H,1-12,19-20H2,(H,22,26). The Morgan fingerprint density at radius 1 is 1.11 bits per heavy atom. The van der Waals surface area contributed by atoms with Crippen LogP contribution in [0.15, 0.2) is 12.1 Å². The van der Waals surface area contributed by atoms with Crippen molar-refractivity contribution in [1.29, 1.82) is 5.41 Å². The molecule has 0 radical (unpaired) electrons. The van der Waals surface area contributed by atoms with Crippen molar-refractivity contribution in [1.82, 2.24) is 9.63 Å². The molecule has 1 saturated heterocycles. The van der Waals surface area contributed by atoms with Gasteiger partial charge in [0.2, 0.25) is 0 Å². The Morgan fingerprint density at radius 3 is 2.44 bits per heavy atom. The first kappa shape index (κ1) is 21.0. The fraction of sp³-hybridized carbons (Fsp3) is 0.667. The third kappa shape index (κ3) is 6.14. The minimum absolute atomic E-state index is 0.0648. The van der Waals surface area contributed by atoms with Crippen LogP contribution >= 0.6 is 0 Å². The number of nitrogens with one attached hydrogen (secondary N) is 2. The molecule has 27 heavy (non-hydrogen) atoms. The first-order valence-electron chi connectivity index (χ1n) is 9.78. The van der Waals surface area contributed by atoms with E-state index in [0.29, 0.717) is 37.3 Å². The number of hydrogen-bond acceptors (Lipinski definition) is 6. The lowest BCUT2D eigenvalue weighted by molar-refractivity contribution is 0.174. The molecule has 152 valence electrons. The molecule has 2 heterocycles. The summed E-state index contributed by atoms with van der Waals surface area (Å²) in [5.74, 6) is 0.199. The SMILES string of the molecule is N=c1cc(N2CCCCC2)cc(NC(=O)N(CCCN)CCCCN)n1O. The molecule has 0 unspecified atom stereocenters. The molecule has 7 N–H and O–H groups in total. The van der Waals surface area contributed by atoms with Crippen LogP contribution in [0.1, 0.15) is 38.5 Å². The number of nitrogens with two attached hydrogens (primary N) is 2. The van der Waals surface area contributed by atoms with Gasteiger partial charge in [-0.25, -0.2) is 4.79 Å². The van der Waals surface area contributed by atoms with E-state index in [9.17, 15) is 10.0 Å². The zero-order valence-electron chi connectivity index (χ0n) is 16.0. The number of urea groups is 1. The van der Waals surface area contributed by atoms with E-state index in [0.717, 1.165) is 44.5 Å². The molecule has 0 bridgehead atoms. The third-order valence-electron chi connectivity index (χ3n) is 4.78. The molecule has 1 aliphatic heterocycles. The monoisotopic (exact) mass is 379 g/mol. The van der Waals surface area contributed by atoms with Gasteiger partial charge in [-0.1, -0.05) is 0 Å². The van der Waals surface area contributed by atoms with Crippen molar-refractivity contribution in [3.63, 3.8) is 0 Å². The number of hydrogen-bond donors (Lipinski definition) is 5. The van der Waals surface area contributed by atoms with Gasteiger partial charge in [0, 0.05) is 44.0 Å². The van der Waals surface area contributed by atoms with E-state index in [1.165, 1.54) is 6.42 Å². The molecule has 1 aliphatic rings. The summed E-state index contributed by atoms with van der Waals surface area (Å²) in [4.78, 5) is 16.6. The van der Waals surface area contributed by atoms with Gasteiger partial charge >= 0.3 is 6.03 Å². The van der Waals surface area contributed by atoms with Gasteiger partial charge in [0.05, 0.1) is 0 Å². The van der Waals surface area contributed by atoms with E-state index in [1.54, 1.807) is 17.0 Å². The number of carbonyl (C=O) groups excluding carboxylic acids is 1. The second kappa shape index (κ2) is 10.8.